The van der Waals surface area contributed by atoms with Crippen molar-refractivity contribution in [3.05, 3.63) is 17.5 Å². The number of aryl methyl sites for hydroxylation is 2. The molecule has 0 aliphatic carbocycles. The van der Waals surface area contributed by atoms with Crippen LogP contribution in [0.3, 0.4) is 0 Å². The molecule has 0 radical (unpaired) electrons. The lowest BCUT2D eigenvalue weighted by Gasteiger charge is -2.11. The van der Waals surface area contributed by atoms with Crippen LogP contribution in [0, 0.1) is 0 Å². The van der Waals surface area contributed by atoms with E-state index in [2.05, 4.69) is 35.1 Å². The van der Waals surface area contributed by atoms with E-state index < -0.39 is 0 Å². The highest BCUT2D eigenvalue weighted by atomic mass is 16.5. The van der Waals surface area contributed by atoms with E-state index in [-0.39, 0.29) is 12.0 Å². The third kappa shape index (κ3) is 3.56. The van der Waals surface area contributed by atoms with Gasteiger partial charge >= 0.3 is 5.97 Å². The SMILES string of the molecule is CCc1cc(CNC(C)C(=O)OC)n(CC)n1. The number of hydrogen-bond donors (Lipinski definition) is 1. The van der Waals surface area contributed by atoms with Crippen molar-refractivity contribution in [2.45, 2.75) is 46.3 Å². The summed E-state index contributed by atoms with van der Waals surface area (Å²) in [7, 11) is 1.39. The minimum absolute atomic E-state index is 0.247. The second-order valence-electron chi connectivity index (χ2n) is 3.92. The van der Waals surface area contributed by atoms with Gasteiger partial charge in [0, 0.05) is 13.1 Å². The maximum Gasteiger partial charge on any atom is 0.322 e. The second-order valence-corrected chi connectivity index (χ2v) is 3.92. The van der Waals surface area contributed by atoms with Crippen LogP contribution in [0.1, 0.15) is 32.2 Å². The van der Waals surface area contributed by atoms with Crippen molar-refractivity contribution in [2.75, 3.05) is 7.11 Å². The molecule has 1 heterocycles. The van der Waals surface area contributed by atoms with E-state index in [1.807, 2.05) is 4.68 Å². The van der Waals surface area contributed by atoms with Crippen LogP contribution in [-0.2, 0) is 29.0 Å². The molecule has 0 spiro atoms. The van der Waals surface area contributed by atoms with E-state index in [1.165, 1.54) is 7.11 Å². The monoisotopic (exact) mass is 239 g/mol. The van der Waals surface area contributed by atoms with Crippen molar-refractivity contribution in [3.8, 4) is 0 Å². The van der Waals surface area contributed by atoms with Crippen molar-refractivity contribution >= 4 is 5.97 Å². The molecule has 1 unspecified atom stereocenters. The Hall–Kier alpha value is -1.36. The predicted molar refractivity (Wildman–Crippen MR) is 65.6 cm³/mol. The van der Waals surface area contributed by atoms with Crippen LogP contribution in [0.2, 0.25) is 0 Å². The van der Waals surface area contributed by atoms with E-state index in [4.69, 9.17) is 0 Å². The third-order valence-corrected chi connectivity index (χ3v) is 2.72. The first-order valence-corrected chi connectivity index (χ1v) is 5.99. The number of aromatic nitrogens is 2. The Morgan fingerprint density at radius 3 is 2.82 bits per heavy atom. The van der Waals surface area contributed by atoms with Crippen LogP contribution in [0.25, 0.3) is 0 Å². The maximum absolute atomic E-state index is 11.2. The zero-order valence-electron chi connectivity index (χ0n) is 11.0. The van der Waals surface area contributed by atoms with Crippen LogP contribution in [0.15, 0.2) is 6.07 Å². The number of nitrogens with one attached hydrogen (secondary N) is 1. The van der Waals surface area contributed by atoms with E-state index in [0.717, 1.165) is 24.4 Å². The lowest BCUT2D eigenvalue weighted by Crippen LogP contribution is -2.34. The summed E-state index contributed by atoms with van der Waals surface area (Å²) in [5, 5.41) is 7.58. The lowest BCUT2D eigenvalue weighted by molar-refractivity contribution is -0.142. The summed E-state index contributed by atoms with van der Waals surface area (Å²) in [6, 6.07) is 1.77. The Bertz CT molecular complexity index is 374. The summed E-state index contributed by atoms with van der Waals surface area (Å²) in [6.07, 6.45) is 0.923. The van der Waals surface area contributed by atoms with Gasteiger partial charge in [-0.3, -0.25) is 14.8 Å². The van der Waals surface area contributed by atoms with Gasteiger partial charge in [0.15, 0.2) is 0 Å². The fraction of sp³-hybridized carbons (Fsp3) is 0.667. The summed E-state index contributed by atoms with van der Waals surface area (Å²) >= 11 is 0. The first-order chi connectivity index (χ1) is 8.12. The summed E-state index contributed by atoms with van der Waals surface area (Å²) in [5.74, 6) is -0.247. The van der Waals surface area contributed by atoms with Gasteiger partial charge in [-0.05, 0) is 26.3 Å². The van der Waals surface area contributed by atoms with Gasteiger partial charge in [-0.25, -0.2) is 0 Å². The van der Waals surface area contributed by atoms with Crippen molar-refractivity contribution in [2.24, 2.45) is 0 Å². The molecule has 0 saturated carbocycles. The van der Waals surface area contributed by atoms with Crippen LogP contribution in [-0.4, -0.2) is 28.9 Å². The molecule has 5 nitrogen and oxygen atoms in total. The fourth-order valence-corrected chi connectivity index (χ4v) is 1.62. The first-order valence-electron chi connectivity index (χ1n) is 5.99. The number of nitrogens with zero attached hydrogens (tertiary/aromatic N) is 2. The molecule has 0 aromatic carbocycles. The molecule has 1 aromatic heterocycles. The van der Waals surface area contributed by atoms with E-state index in [1.54, 1.807) is 6.92 Å². The molecule has 96 valence electrons. The molecule has 0 aliphatic heterocycles. The molecular formula is C12H21N3O2. The van der Waals surface area contributed by atoms with Crippen LogP contribution in [0.5, 0.6) is 0 Å². The highest BCUT2D eigenvalue weighted by molar-refractivity contribution is 5.75. The standard InChI is InChI=1S/C12H21N3O2/c1-5-10-7-11(15(6-2)14-10)8-13-9(3)12(16)17-4/h7,9,13H,5-6,8H2,1-4H3. The summed E-state index contributed by atoms with van der Waals surface area (Å²) < 4.78 is 6.61. The summed E-state index contributed by atoms with van der Waals surface area (Å²) in [4.78, 5) is 11.2. The summed E-state index contributed by atoms with van der Waals surface area (Å²) in [6.45, 7) is 7.39. The minimum atomic E-state index is -0.301. The second kappa shape index (κ2) is 6.39. The van der Waals surface area contributed by atoms with Gasteiger partial charge in [0.1, 0.15) is 6.04 Å². The van der Waals surface area contributed by atoms with Gasteiger partial charge in [-0.1, -0.05) is 6.92 Å². The number of esters is 1. The minimum Gasteiger partial charge on any atom is -0.468 e. The molecule has 17 heavy (non-hydrogen) atoms. The largest absolute Gasteiger partial charge is 0.468 e. The van der Waals surface area contributed by atoms with Crippen LogP contribution < -0.4 is 5.32 Å². The maximum atomic E-state index is 11.2. The van der Waals surface area contributed by atoms with Crippen molar-refractivity contribution in [1.29, 1.82) is 0 Å². The van der Waals surface area contributed by atoms with Gasteiger partial charge in [0.05, 0.1) is 18.5 Å². The van der Waals surface area contributed by atoms with Crippen molar-refractivity contribution < 1.29 is 9.53 Å². The Labute approximate surface area is 102 Å². The molecule has 0 amide bonds. The Morgan fingerprint density at radius 1 is 1.59 bits per heavy atom. The topological polar surface area (TPSA) is 56.1 Å². The van der Waals surface area contributed by atoms with E-state index >= 15 is 0 Å². The molecule has 1 rings (SSSR count). The molecule has 5 heteroatoms. The number of rotatable bonds is 6. The lowest BCUT2D eigenvalue weighted by atomic mass is 10.3. The van der Waals surface area contributed by atoms with Gasteiger partial charge < -0.3 is 4.74 Å². The van der Waals surface area contributed by atoms with Gasteiger partial charge in [-0.15, -0.1) is 0 Å². The molecule has 1 aromatic rings. The molecule has 0 fully saturated rings. The van der Waals surface area contributed by atoms with Crippen molar-refractivity contribution in [3.63, 3.8) is 0 Å². The highest BCUT2D eigenvalue weighted by Crippen LogP contribution is 2.05. The molecule has 1 atom stereocenters. The average Bonchev–Trinajstić information content (AvgIpc) is 2.77. The van der Waals surface area contributed by atoms with Crippen LogP contribution >= 0.6 is 0 Å². The smallest absolute Gasteiger partial charge is 0.322 e. The van der Waals surface area contributed by atoms with Gasteiger partial charge in [-0.2, -0.15) is 5.10 Å². The third-order valence-electron chi connectivity index (χ3n) is 2.72. The Balaban J connectivity index is 2.62. The molecule has 1 N–H and O–H groups in total. The molecular weight excluding hydrogens is 218 g/mol. The number of carbonyl (C=O) groups is 1. The molecule has 0 bridgehead atoms. The average molecular weight is 239 g/mol. The predicted octanol–water partition coefficient (Wildman–Crippen LogP) is 1.12. The van der Waals surface area contributed by atoms with E-state index in [0.29, 0.717) is 6.54 Å². The molecule has 0 saturated heterocycles. The summed E-state index contributed by atoms with van der Waals surface area (Å²) in [5.41, 5.74) is 2.18. The normalized spacial score (nSPS) is 12.5. The molecule has 0 aliphatic rings. The number of hydrogen-bond acceptors (Lipinski definition) is 4. The van der Waals surface area contributed by atoms with Gasteiger partial charge in [0.2, 0.25) is 0 Å². The fourth-order valence-electron chi connectivity index (χ4n) is 1.62. The quantitative estimate of drug-likeness (QED) is 0.756. The number of methoxy groups -OCH3 is 1. The van der Waals surface area contributed by atoms with Crippen LogP contribution in [0.4, 0.5) is 0 Å². The Morgan fingerprint density at radius 2 is 2.29 bits per heavy atom. The first kappa shape index (κ1) is 13.7. The van der Waals surface area contributed by atoms with Crippen molar-refractivity contribution in [1.82, 2.24) is 15.1 Å². The number of ether oxygens (including phenoxy) is 1. The highest BCUT2D eigenvalue weighted by Gasteiger charge is 2.13. The zero-order chi connectivity index (χ0) is 12.8. The van der Waals surface area contributed by atoms with E-state index in [9.17, 15) is 4.79 Å². The van der Waals surface area contributed by atoms with Gasteiger partial charge in [0.25, 0.3) is 0 Å². The number of carbonyl (C=O) groups excluding carboxylic acids is 1. The zero-order valence-corrected chi connectivity index (χ0v) is 11.0. The Kier molecular flexibility index (Phi) is 5.15.